The zero-order valence-corrected chi connectivity index (χ0v) is 10.0. The number of ether oxygens (including phenoxy) is 1. The number of rotatable bonds is 4. The van der Waals surface area contributed by atoms with Crippen LogP contribution in [0.3, 0.4) is 0 Å². The minimum Gasteiger partial charge on any atom is -0.469 e. The number of hydrogen-bond acceptors (Lipinski definition) is 3. The molecule has 1 heterocycles. The standard InChI is InChI=1S/C13H14N2O3/c1-18-12(16)5-7-15-13(17)10-2-3-11-9(8-10)4-6-14-11/h2-4,6,8,14H,5,7H2,1H3,(H,15,17). The summed E-state index contributed by atoms with van der Waals surface area (Å²) in [7, 11) is 1.32. The molecule has 0 aliphatic rings. The van der Waals surface area contributed by atoms with Gasteiger partial charge in [0.05, 0.1) is 13.5 Å². The van der Waals surface area contributed by atoms with Gasteiger partial charge >= 0.3 is 5.97 Å². The Labute approximate surface area is 104 Å². The Morgan fingerprint density at radius 1 is 1.33 bits per heavy atom. The van der Waals surface area contributed by atoms with E-state index in [1.54, 1.807) is 12.1 Å². The molecule has 5 nitrogen and oxygen atoms in total. The lowest BCUT2D eigenvalue weighted by Crippen LogP contribution is -2.26. The highest BCUT2D eigenvalue weighted by molar-refractivity contribution is 5.98. The van der Waals surface area contributed by atoms with E-state index in [1.165, 1.54) is 7.11 Å². The molecule has 2 rings (SSSR count). The third kappa shape index (κ3) is 2.68. The second-order valence-corrected chi connectivity index (χ2v) is 3.86. The van der Waals surface area contributed by atoms with E-state index in [0.29, 0.717) is 5.56 Å². The van der Waals surface area contributed by atoms with E-state index < -0.39 is 0 Å². The summed E-state index contributed by atoms with van der Waals surface area (Å²) < 4.78 is 4.49. The van der Waals surface area contributed by atoms with Crippen molar-refractivity contribution in [1.82, 2.24) is 10.3 Å². The highest BCUT2D eigenvalue weighted by atomic mass is 16.5. The highest BCUT2D eigenvalue weighted by Crippen LogP contribution is 2.14. The summed E-state index contributed by atoms with van der Waals surface area (Å²) in [6.07, 6.45) is 2.00. The van der Waals surface area contributed by atoms with Crippen molar-refractivity contribution in [2.75, 3.05) is 13.7 Å². The number of benzene rings is 1. The first-order chi connectivity index (χ1) is 8.70. The predicted molar refractivity (Wildman–Crippen MR) is 67.3 cm³/mol. The van der Waals surface area contributed by atoms with Crippen LogP contribution < -0.4 is 5.32 Å². The molecule has 0 bridgehead atoms. The van der Waals surface area contributed by atoms with Crippen LogP contribution in [0, 0.1) is 0 Å². The molecule has 0 unspecified atom stereocenters. The molecule has 18 heavy (non-hydrogen) atoms. The zero-order valence-electron chi connectivity index (χ0n) is 10.0. The molecule has 1 amide bonds. The van der Waals surface area contributed by atoms with Crippen molar-refractivity contribution in [2.45, 2.75) is 6.42 Å². The van der Waals surface area contributed by atoms with Gasteiger partial charge in [-0.3, -0.25) is 9.59 Å². The maximum atomic E-state index is 11.8. The van der Waals surface area contributed by atoms with Crippen LogP contribution in [0.5, 0.6) is 0 Å². The fraction of sp³-hybridized carbons (Fsp3) is 0.231. The Kier molecular flexibility index (Phi) is 3.62. The van der Waals surface area contributed by atoms with Gasteiger partial charge in [-0.25, -0.2) is 0 Å². The Morgan fingerprint density at radius 3 is 2.94 bits per heavy atom. The van der Waals surface area contributed by atoms with Crippen molar-refractivity contribution in [1.29, 1.82) is 0 Å². The quantitative estimate of drug-likeness (QED) is 0.802. The zero-order chi connectivity index (χ0) is 13.0. The number of nitrogens with one attached hydrogen (secondary N) is 2. The van der Waals surface area contributed by atoms with Gasteiger partial charge in [0.25, 0.3) is 5.91 Å². The number of esters is 1. The molecular formula is C13H14N2O3. The van der Waals surface area contributed by atoms with Crippen LogP contribution >= 0.6 is 0 Å². The Bertz CT molecular complexity index is 574. The van der Waals surface area contributed by atoms with Crippen LogP contribution in [0.4, 0.5) is 0 Å². The second-order valence-electron chi connectivity index (χ2n) is 3.86. The fourth-order valence-corrected chi connectivity index (χ4v) is 1.68. The lowest BCUT2D eigenvalue weighted by molar-refractivity contribution is -0.140. The van der Waals surface area contributed by atoms with Crippen LogP contribution in [-0.4, -0.2) is 30.5 Å². The van der Waals surface area contributed by atoms with Gasteiger partial charge in [-0.05, 0) is 24.3 Å². The Morgan fingerprint density at radius 2 is 2.17 bits per heavy atom. The molecule has 0 spiro atoms. The number of carbonyl (C=O) groups excluding carboxylic acids is 2. The number of methoxy groups -OCH3 is 1. The summed E-state index contributed by atoms with van der Waals surface area (Å²) in [5, 5.41) is 3.65. The predicted octanol–water partition coefficient (Wildman–Crippen LogP) is 1.46. The molecule has 0 aliphatic carbocycles. The van der Waals surface area contributed by atoms with E-state index >= 15 is 0 Å². The first-order valence-electron chi connectivity index (χ1n) is 5.63. The molecule has 5 heteroatoms. The third-order valence-electron chi connectivity index (χ3n) is 2.66. The minimum atomic E-state index is -0.337. The molecule has 2 N–H and O–H groups in total. The Balaban J connectivity index is 1.97. The summed E-state index contributed by atoms with van der Waals surface area (Å²) in [5.41, 5.74) is 1.56. The first kappa shape index (κ1) is 12.2. The van der Waals surface area contributed by atoms with Gasteiger partial charge in [0.1, 0.15) is 0 Å². The van der Waals surface area contributed by atoms with Crippen LogP contribution in [0.25, 0.3) is 10.9 Å². The van der Waals surface area contributed by atoms with E-state index in [9.17, 15) is 9.59 Å². The summed E-state index contributed by atoms with van der Waals surface area (Å²) in [6, 6.07) is 7.30. The van der Waals surface area contributed by atoms with Crippen molar-refractivity contribution < 1.29 is 14.3 Å². The lowest BCUT2D eigenvalue weighted by Gasteiger charge is -2.04. The monoisotopic (exact) mass is 246 g/mol. The minimum absolute atomic E-state index is 0.175. The maximum absolute atomic E-state index is 11.8. The third-order valence-corrected chi connectivity index (χ3v) is 2.66. The number of H-pyrrole nitrogens is 1. The van der Waals surface area contributed by atoms with Crippen molar-refractivity contribution in [3.05, 3.63) is 36.0 Å². The molecule has 1 aromatic carbocycles. The molecular weight excluding hydrogens is 232 g/mol. The smallest absolute Gasteiger partial charge is 0.307 e. The molecule has 0 radical (unpaired) electrons. The van der Waals surface area contributed by atoms with Crippen molar-refractivity contribution in [3.8, 4) is 0 Å². The van der Waals surface area contributed by atoms with E-state index in [1.807, 2.05) is 18.3 Å². The largest absolute Gasteiger partial charge is 0.469 e. The highest BCUT2D eigenvalue weighted by Gasteiger charge is 2.07. The van der Waals surface area contributed by atoms with Crippen LogP contribution in [0.15, 0.2) is 30.5 Å². The normalized spacial score (nSPS) is 10.3. The van der Waals surface area contributed by atoms with Crippen LogP contribution in [-0.2, 0) is 9.53 Å². The molecule has 0 saturated heterocycles. The summed E-state index contributed by atoms with van der Waals surface area (Å²) in [4.78, 5) is 25.8. The average molecular weight is 246 g/mol. The number of aromatic amines is 1. The molecule has 1 aromatic heterocycles. The lowest BCUT2D eigenvalue weighted by atomic mass is 10.1. The number of fused-ring (bicyclic) bond motifs is 1. The van der Waals surface area contributed by atoms with Gasteiger partial charge in [0.15, 0.2) is 0 Å². The van der Waals surface area contributed by atoms with Gasteiger partial charge in [-0.15, -0.1) is 0 Å². The van der Waals surface area contributed by atoms with E-state index in [2.05, 4.69) is 15.0 Å². The molecule has 2 aromatic rings. The van der Waals surface area contributed by atoms with Crippen LogP contribution in [0.1, 0.15) is 16.8 Å². The van der Waals surface area contributed by atoms with Crippen molar-refractivity contribution >= 4 is 22.8 Å². The van der Waals surface area contributed by atoms with E-state index in [4.69, 9.17) is 0 Å². The van der Waals surface area contributed by atoms with E-state index in [0.717, 1.165) is 10.9 Å². The SMILES string of the molecule is COC(=O)CCNC(=O)c1ccc2[nH]ccc2c1. The van der Waals surface area contributed by atoms with Gasteiger partial charge < -0.3 is 15.0 Å². The van der Waals surface area contributed by atoms with E-state index in [-0.39, 0.29) is 24.8 Å². The summed E-state index contributed by atoms with van der Waals surface area (Å²) >= 11 is 0. The van der Waals surface area contributed by atoms with Gasteiger partial charge in [0, 0.05) is 29.2 Å². The molecule has 94 valence electrons. The van der Waals surface area contributed by atoms with Gasteiger partial charge in [-0.1, -0.05) is 0 Å². The maximum Gasteiger partial charge on any atom is 0.307 e. The number of amides is 1. The molecule has 0 saturated carbocycles. The number of hydrogen-bond donors (Lipinski definition) is 2. The average Bonchev–Trinajstić information content (AvgIpc) is 2.85. The molecule has 0 aliphatic heterocycles. The molecule has 0 fully saturated rings. The second kappa shape index (κ2) is 5.35. The fourth-order valence-electron chi connectivity index (χ4n) is 1.68. The first-order valence-corrected chi connectivity index (χ1v) is 5.63. The topological polar surface area (TPSA) is 71.2 Å². The van der Waals surface area contributed by atoms with Crippen molar-refractivity contribution in [3.63, 3.8) is 0 Å². The Hall–Kier alpha value is -2.30. The number of carbonyl (C=O) groups is 2. The number of aromatic nitrogens is 1. The summed E-state index contributed by atoms with van der Waals surface area (Å²) in [6.45, 7) is 0.274. The summed E-state index contributed by atoms with van der Waals surface area (Å²) in [5.74, 6) is -0.529. The van der Waals surface area contributed by atoms with Gasteiger partial charge in [0.2, 0.25) is 0 Å². The molecule has 0 atom stereocenters. The van der Waals surface area contributed by atoms with Gasteiger partial charge in [-0.2, -0.15) is 0 Å². The van der Waals surface area contributed by atoms with Crippen molar-refractivity contribution in [2.24, 2.45) is 0 Å². The van der Waals surface area contributed by atoms with Crippen LogP contribution in [0.2, 0.25) is 0 Å².